The summed E-state index contributed by atoms with van der Waals surface area (Å²) in [6.07, 6.45) is 5.99. The highest BCUT2D eigenvalue weighted by atomic mass is 14.7. The second-order valence-electron chi connectivity index (χ2n) is 8.50. The highest BCUT2D eigenvalue weighted by Gasteiger charge is 2.33. The van der Waals surface area contributed by atoms with Crippen molar-refractivity contribution in [3.05, 3.63) is 35.4 Å². The van der Waals surface area contributed by atoms with Crippen LogP contribution in [-0.2, 0) is 11.0 Å². The average Bonchev–Trinajstić information content (AvgIpc) is 2.49. The Kier molecular flexibility index (Phi) is 4.03. The van der Waals surface area contributed by atoms with E-state index in [4.69, 9.17) is 5.73 Å². The van der Waals surface area contributed by atoms with Crippen molar-refractivity contribution in [2.45, 2.75) is 77.7 Å². The summed E-state index contributed by atoms with van der Waals surface area (Å²) >= 11 is 0. The van der Waals surface area contributed by atoms with Gasteiger partial charge in [0.25, 0.3) is 0 Å². The van der Waals surface area contributed by atoms with Gasteiger partial charge < -0.3 is 5.73 Å². The molecule has 1 fully saturated rings. The van der Waals surface area contributed by atoms with Gasteiger partial charge in [0.1, 0.15) is 0 Å². The minimum absolute atomic E-state index is 0.121. The van der Waals surface area contributed by atoms with Crippen LogP contribution in [0, 0.1) is 5.41 Å². The Hall–Kier alpha value is -0.820. The first-order valence-corrected chi connectivity index (χ1v) is 8.02. The highest BCUT2D eigenvalue weighted by Crippen LogP contribution is 2.41. The Morgan fingerprint density at radius 3 is 2.05 bits per heavy atom. The topological polar surface area (TPSA) is 26.0 Å². The van der Waals surface area contributed by atoms with Gasteiger partial charge in [-0.3, -0.25) is 0 Å². The molecule has 2 rings (SSSR count). The third-order valence-electron chi connectivity index (χ3n) is 5.05. The molecular formula is C19H31N. The first-order valence-electron chi connectivity index (χ1n) is 8.02. The van der Waals surface area contributed by atoms with E-state index >= 15 is 0 Å². The van der Waals surface area contributed by atoms with E-state index in [1.54, 1.807) is 0 Å². The van der Waals surface area contributed by atoms with Gasteiger partial charge >= 0.3 is 0 Å². The Morgan fingerprint density at radius 1 is 0.900 bits per heavy atom. The Labute approximate surface area is 125 Å². The lowest BCUT2D eigenvalue weighted by Crippen LogP contribution is -2.36. The van der Waals surface area contributed by atoms with Crippen LogP contribution >= 0.6 is 0 Å². The molecular weight excluding hydrogens is 242 g/mol. The van der Waals surface area contributed by atoms with Crippen molar-refractivity contribution in [3.8, 4) is 0 Å². The molecule has 0 aromatic heterocycles. The SMILES string of the molecule is CC1(C)CCCC(N)(c2ccc(C(C)(C)C)cc2)CC1. The predicted molar refractivity (Wildman–Crippen MR) is 87.9 cm³/mol. The van der Waals surface area contributed by atoms with Crippen molar-refractivity contribution >= 4 is 0 Å². The zero-order valence-corrected chi connectivity index (χ0v) is 13.9. The maximum atomic E-state index is 6.76. The summed E-state index contributed by atoms with van der Waals surface area (Å²) in [5, 5.41) is 0. The molecule has 0 amide bonds. The third kappa shape index (κ3) is 3.44. The van der Waals surface area contributed by atoms with Crippen LogP contribution in [0.5, 0.6) is 0 Å². The van der Waals surface area contributed by atoms with Crippen molar-refractivity contribution < 1.29 is 0 Å². The minimum atomic E-state index is -0.121. The van der Waals surface area contributed by atoms with E-state index in [-0.39, 0.29) is 11.0 Å². The normalized spacial score (nSPS) is 27.1. The number of nitrogens with two attached hydrogens (primary N) is 1. The molecule has 1 aromatic rings. The van der Waals surface area contributed by atoms with E-state index in [2.05, 4.69) is 58.9 Å². The maximum absolute atomic E-state index is 6.76. The molecule has 1 unspecified atom stereocenters. The first kappa shape index (κ1) is 15.6. The van der Waals surface area contributed by atoms with Gasteiger partial charge in [-0.05, 0) is 47.6 Å². The molecule has 0 heterocycles. The van der Waals surface area contributed by atoms with Crippen LogP contribution in [-0.4, -0.2) is 0 Å². The molecule has 1 aliphatic carbocycles. The summed E-state index contributed by atoms with van der Waals surface area (Å²) in [4.78, 5) is 0. The number of benzene rings is 1. The summed E-state index contributed by atoms with van der Waals surface area (Å²) in [6, 6.07) is 9.05. The summed E-state index contributed by atoms with van der Waals surface area (Å²) in [6.45, 7) is 11.5. The largest absolute Gasteiger partial charge is 0.321 e. The summed E-state index contributed by atoms with van der Waals surface area (Å²) in [5.41, 5.74) is 10.0. The van der Waals surface area contributed by atoms with Crippen LogP contribution in [0.25, 0.3) is 0 Å². The Bertz CT molecular complexity index is 450. The van der Waals surface area contributed by atoms with E-state index in [1.165, 1.54) is 30.4 Å². The van der Waals surface area contributed by atoms with E-state index in [0.717, 1.165) is 12.8 Å². The lowest BCUT2D eigenvalue weighted by Gasteiger charge is -2.30. The molecule has 0 spiro atoms. The first-order chi connectivity index (χ1) is 9.12. The van der Waals surface area contributed by atoms with Gasteiger partial charge in [0.2, 0.25) is 0 Å². The predicted octanol–water partition coefficient (Wildman–Crippen LogP) is 5.13. The van der Waals surface area contributed by atoms with Crippen molar-refractivity contribution in [1.82, 2.24) is 0 Å². The maximum Gasteiger partial charge on any atom is 0.0409 e. The zero-order valence-electron chi connectivity index (χ0n) is 13.9. The fourth-order valence-corrected chi connectivity index (χ4v) is 3.28. The van der Waals surface area contributed by atoms with Gasteiger partial charge in [-0.25, -0.2) is 0 Å². The van der Waals surface area contributed by atoms with Crippen LogP contribution in [0.4, 0.5) is 0 Å². The van der Waals surface area contributed by atoms with E-state index in [1.807, 2.05) is 0 Å². The van der Waals surface area contributed by atoms with Crippen molar-refractivity contribution in [1.29, 1.82) is 0 Å². The molecule has 1 heteroatoms. The summed E-state index contributed by atoms with van der Waals surface area (Å²) in [7, 11) is 0. The van der Waals surface area contributed by atoms with E-state index in [0.29, 0.717) is 5.41 Å². The number of rotatable bonds is 1. The molecule has 0 saturated heterocycles. The molecule has 0 bridgehead atoms. The van der Waals surface area contributed by atoms with Gasteiger partial charge in [-0.1, -0.05) is 65.3 Å². The van der Waals surface area contributed by atoms with Crippen LogP contribution < -0.4 is 5.73 Å². The molecule has 2 N–H and O–H groups in total. The summed E-state index contributed by atoms with van der Waals surface area (Å²) < 4.78 is 0. The summed E-state index contributed by atoms with van der Waals surface area (Å²) in [5.74, 6) is 0. The zero-order chi connectivity index (χ0) is 15.0. The molecule has 1 aromatic carbocycles. The van der Waals surface area contributed by atoms with Crippen molar-refractivity contribution in [2.24, 2.45) is 11.1 Å². The van der Waals surface area contributed by atoms with Crippen LogP contribution in [0.1, 0.15) is 77.8 Å². The molecule has 20 heavy (non-hydrogen) atoms. The van der Waals surface area contributed by atoms with Gasteiger partial charge in [0, 0.05) is 5.54 Å². The third-order valence-corrected chi connectivity index (χ3v) is 5.05. The Balaban J connectivity index is 2.22. The monoisotopic (exact) mass is 273 g/mol. The van der Waals surface area contributed by atoms with Gasteiger partial charge in [0.15, 0.2) is 0 Å². The minimum Gasteiger partial charge on any atom is -0.321 e. The van der Waals surface area contributed by atoms with Crippen molar-refractivity contribution in [3.63, 3.8) is 0 Å². The molecule has 112 valence electrons. The van der Waals surface area contributed by atoms with Crippen LogP contribution in [0.15, 0.2) is 24.3 Å². The second kappa shape index (κ2) is 5.18. The van der Waals surface area contributed by atoms with E-state index < -0.39 is 0 Å². The van der Waals surface area contributed by atoms with Crippen LogP contribution in [0.2, 0.25) is 0 Å². The van der Waals surface area contributed by atoms with Gasteiger partial charge in [-0.15, -0.1) is 0 Å². The fourth-order valence-electron chi connectivity index (χ4n) is 3.28. The van der Waals surface area contributed by atoms with Gasteiger partial charge in [-0.2, -0.15) is 0 Å². The smallest absolute Gasteiger partial charge is 0.0409 e. The fraction of sp³-hybridized carbons (Fsp3) is 0.684. The lowest BCUT2D eigenvalue weighted by molar-refractivity contribution is 0.299. The highest BCUT2D eigenvalue weighted by molar-refractivity contribution is 5.31. The number of hydrogen-bond donors (Lipinski definition) is 1. The molecule has 1 atom stereocenters. The van der Waals surface area contributed by atoms with Crippen molar-refractivity contribution in [2.75, 3.05) is 0 Å². The quantitative estimate of drug-likeness (QED) is 0.705. The molecule has 1 aliphatic rings. The molecule has 0 radical (unpaired) electrons. The number of hydrogen-bond acceptors (Lipinski definition) is 1. The standard InChI is InChI=1S/C19H31N/c1-17(2,3)15-7-9-16(10-8-15)19(20)12-6-11-18(4,5)13-14-19/h7-10H,6,11-14,20H2,1-5H3. The lowest BCUT2D eigenvalue weighted by atomic mass is 9.79. The Morgan fingerprint density at radius 2 is 1.50 bits per heavy atom. The molecule has 1 nitrogen and oxygen atoms in total. The second-order valence-corrected chi connectivity index (χ2v) is 8.50. The van der Waals surface area contributed by atoms with E-state index in [9.17, 15) is 0 Å². The molecule has 1 saturated carbocycles. The molecule has 0 aliphatic heterocycles. The van der Waals surface area contributed by atoms with Crippen LogP contribution in [0.3, 0.4) is 0 Å². The average molecular weight is 273 g/mol. The van der Waals surface area contributed by atoms with Gasteiger partial charge in [0.05, 0.1) is 0 Å².